The van der Waals surface area contributed by atoms with Crippen LogP contribution in [-0.2, 0) is 0 Å². The molecule has 0 fully saturated rings. The van der Waals surface area contributed by atoms with E-state index in [1.165, 1.54) is 6.07 Å². The number of H-pyrrole nitrogens is 1. The second-order valence-corrected chi connectivity index (χ2v) is 2.64. The largest absolute Gasteiger partial charge is 0.495 e. The van der Waals surface area contributed by atoms with E-state index in [2.05, 4.69) is 9.97 Å². The summed E-state index contributed by atoms with van der Waals surface area (Å²) in [5.41, 5.74) is 0.429. The molecular weight excluding hydrogens is 168 g/mol. The smallest absolute Gasteiger partial charge is 0.249 e. The Bertz CT molecular complexity index is 490. The molecule has 0 saturated heterocycles. The number of ether oxygens (including phenoxy) is 1. The zero-order valence-corrected chi connectivity index (χ0v) is 7.07. The molecule has 0 spiro atoms. The fourth-order valence-electron chi connectivity index (χ4n) is 1.13. The van der Waals surface area contributed by atoms with Crippen molar-refractivity contribution in [1.82, 2.24) is 9.97 Å². The Hall–Kier alpha value is -1.84. The number of nitrogens with one attached hydrogen (secondary N) is 1. The van der Waals surface area contributed by atoms with Gasteiger partial charge in [-0.25, -0.2) is 4.98 Å². The van der Waals surface area contributed by atoms with Crippen molar-refractivity contribution in [3.63, 3.8) is 0 Å². The number of aromatic nitrogens is 2. The third-order valence-electron chi connectivity index (χ3n) is 1.78. The van der Waals surface area contributed by atoms with Crippen LogP contribution >= 0.6 is 0 Å². The van der Waals surface area contributed by atoms with Gasteiger partial charge in [-0.1, -0.05) is 0 Å². The molecular formula is C9H8N2O2. The van der Waals surface area contributed by atoms with Crippen LogP contribution in [0.2, 0.25) is 0 Å². The van der Waals surface area contributed by atoms with Crippen molar-refractivity contribution in [2.75, 3.05) is 7.11 Å². The molecule has 0 atom stereocenters. The first-order valence-corrected chi connectivity index (χ1v) is 3.83. The van der Waals surface area contributed by atoms with E-state index in [0.717, 1.165) is 5.39 Å². The Morgan fingerprint density at radius 1 is 1.46 bits per heavy atom. The van der Waals surface area contributed by atoms with E-state index in [9.17, 15) is 4.79 Å². The molecule has 2 aromatic heterocycles. The number of pyridine rings is 2. The zero-order valence-electron chi connectivity index (χ0n) is 7.07. The van der Waals surface area contributed by atoms with Crippen molar-refractivity contribution in [3.8, 4) is 5.75 Å². The molecule has 0 saturated carbocycles. The third-order valence-corrected chi connectivity index (χ3v) is 1.78. The van der Waals surface area contributed by atoms with Crippen LogP contribution in [0, 0.1) is 0 Å². The lowest BCUT2D eigenvalue weighted by atomic mass is 10.3. The third kappa shape index (κ3) is 1.38. The van der Waals surface area contributed by atoms with Gasteiger partial charge in [0.2, 0.25) is 5.56 Å². The van der Waals surface area contributed by atoms with Gasteiger partial charge in [-0.15, -0.1) is 0 Å². The van der Waals surface area contributed by atoms with Gasteiger partial charge in [0, 0.05) is 11.5 Å². The first-order valence-electron chi connectivity index (χ1n) is 3.83. The fourth-order valence-corrected chi connectivity index (χ4v) is 1.13. The normalized spacial score (nSPS) is 10.2. The average molecular weight is 176 g/mol. The summed E-state index contributed by atoms with van der Waals surface area (Å²) in [6, 6.07) is 4.99. The predicted molar refractivity (Wildman–Crippen MR) is 48.9 cm³/mol. The maximum Gasteiger partial charge on any atom is 0.249 e. The molecule has 0 amide bonds. The Morgan fingerprint density at radius 3 is 3.08 bits per heavy atom. The van der Waals surface area contributed by atoms with Crippen LogP contribution in [-0.4, -0.2) is 17.1 Å². The van der Waals surface area contributed by atoms with Crippen molar-refractivity contribution in [1.29, 1.82) is 0 Å². The van der Waals surface area contributed by atoms with Crippen LogP contribution < -0.4 is 10.3 Å². The van der Waals surface area contributed by atoms with E-state index in [1.54, 1.807) is 19.4 Å². The summed E-state index contributed by atoms with van der Waals surface area (Å²) in [6.45, 7) is 0. The topological polar surface area (TPSA) is 55.0 Å². The number of nitrogens with zero attached hydrogens (tertiary/aromatic N) is 1. The molecule has 0 aromatic carbocycles. The number of rotatable bonds is 1. The highest BCUT2D eigenvalue weighted by atomic mass is 16.5. The standard InChI is InChI=1S/C9H8N2O2/c1-13-7-4-6-2-3-8(12)11-9(6)10-5-7/h2-5H,1H3,(H,10,11,12). The minimum absolute atomic E-state index is 0.148. The number of aromatic amines is 1. The Kier molecular flexibility index (Phi) is 1.73. The summed E-state index contributed by atoms with van der Waals surface area (Å²) in [4.78, 5) is 17.6. The molecule has 0 aliphatic carbocycles. The van der Waals surface area contributed by atoms with E-state index in [0.29, 0.717) is 11.4 Å². The van der Waals surface area contributed by atoms with Crippen molar-refractivity contribution >= 4 is 11.0 Å². The van der Waals surface area contributed by atoms with Gasteiger partial charge in [0.25, 0.3) is 0 Å². The number of fused-ring (bicyclic) bond motifs is 1. The maximum absolute atomic E-state index is 10.9. The van der Waals surface area contributed by atoms with Gasteiger partial charge in [0.15, 0.2) is 0 Å². The van der Waals surface area contributed by atoms with Crippen LogP contribution in [0.3, 0.4) is 0 Å². The summed E-state index contributed by atoms with van der Waals surface area (Å²) >= 11 is 0. The average Bonchev–Trinajstić information content (AvgIpc) is 2.17. The van der Waals surface area contributed by atoms with Crippen LogP contribution in [0.4, 0.5) is 0 Å². The SMILES string of the molecule is COc1cnc2[nH]c(=O)ccc2c1. The summed E-state index contributed by atoms with van der Waals surface area (Å²) in [7, 11) is 1.58. The Morgan fingerprint density at radius 2 is 2.31 bits per heavy atom. The molecule has 2 aromatic rings. The molecule has 13 heavy (non-hydrogen) atoms. The molecule has 4 heteroatoms. The van der Waals surface area contributed by atoms with Gasteiger partial charge >= 0.3 is 0 Å². The molecule has 66 valence electrons. The predicted octanol–water partition coefficient (Wildman–Crippen LogP) is 0.932. The summed E-state index contributed by atoms with van der Waals surface area (Å²) in [5.74, 6) is 0.680. The minimum Gasteiger partial charge on any atom is -0.495 e. The molecule has 0 bridgehead atoms. The van der Waals surface area contributed by atoms with Crippen LogP contribution in [0.15, 0.2) is 29.2 Å². The van der Waals surface area contributed by atoms with Gasteiger partial charge in [0.1, 0.15) is 11.4 Å². The highest BCUT2D eigenvalue weighted by Crippen LogP contribution is 2.14. The van der Waals surface area contributed by atoms with Crippen LogP contribution in [0.1, 0.15) is 0 Å². The lowest BCUT2D eigenvalue weighted by Gasteiger charge is -1.99. The van der Waals surface area contributed by atoms with Crippen molar-refractivity contribution in [3.05, 3.63) is 34.7 Å². The van der Waals surface area contributed by atoms with Crippen molar-refractivity contribution < 1.29 is 4.74 Å². The summed E-state index contributed by atoms with van der Waals surface area (Å²) in [5, 5.41) is 0.860. The molecule has 0 aliphatic heterocycles. The second-order valence-electron chi connectivity index (χ2n) is 2.64. The highest BCUT2D eigenvalue weighted by Gasteiger charge is 1.97. The maximum atomic E-state index is 10.9. The first kappa shape index (κ1) is 7.79. The molecule has 1 N–H and O–H groups in total. The summed E-state index contributed by atoms with van der Waals surface area (Å²) < 4.78 is 5.00. The fraction of sp³-hybridized carbons (Fsp3) is 0.111. The second kappa shape index (κ2) is 2.90. The molecule has 0 unspecified atom stereocenters. The van der Waals surface area contributed by atoms with Crippen LogP contribution in [0.5, 0.6) is 5.75 Å². The van der Waals surface area contributed by atoms with Gasteiger partial charge in [0.05, 0.1) is 13.3 Å². The van der Waals surface area contributed by atoms with Gasteiger partial charge < -0.3 is 9.72 Å². The van der Waals surface area contributed by atoms with Crippen LogP contribution in [0.25, 0.3) is 11.0 Å². The summed E-state index contributed by atoms with van der Waals surface area (Å²) in [6.07, 6.45) is 1.57. The highest BCUT2D eigenvalue weighted by molar-refractivity contribution is 5.75. The van der Waals surface area contributed by atoms with Crippen molar-refractivity contribution in [2.45, 2.75) is 0 Å². The van der Waals surface area contributed by atoms with E-state index in [-0.39, 0.29) is 5.56 Å². The quantitative estimate of drug-likeness (QED) is 0.703. The van der Waals surface area contributed by atoms with Gasteiger partial charge in [-0.05, 0) is 12.1 Å². The van der Waals surface area contributed by atoms with E-state index < -0.39 is 0 Å². The molecule has 0 aliphatic rings. The van der Waals surface area contributed by atoms with E-state index >= 15 is 0 Å². The number of methoxy groups -OCH3 is 1. The Labute approximate surface area is 74.2 Å². The molecule has 2 heterocycles. The molecule has 4 nitrogen and oxygen atoms in total. The molecule has 2 rings (SSSR count). The monoisotopic (exact) mass is 176 g/mol. The minimum atomic E-state index is -0.148. The van der Waals surface area contributed by atoms with Gasteiger partial charge in [-0.2, -0.15) is 0 Å². The lowest BCUT2D eigenvalue weighted by molar-refractivity contribution is 0.413. The van der Waals surface area contributed by atoms with E-state index in [1.807, 2.05) is 6.07 Å². The first-order chi connectivity index (χ1) is 6.29. The molecule has 0 radical (unpaired) electrons. The Balaban J connectivity index is 2.73. The number of hydrogen-bond acceptors (Lipinski definition) is 3. The van der Waals surface area contributed by atoms with Gasteiger partial charge in [-0.3, -0.25) is 4.79 Å². The van der Waals surface area contributed by atoms with E-state index in [4.69, 9.17) is 4.74 Å². The zero-order chi connectivity index (χ0) is 9.26. The van der Waals surface area contributed by atoms with Crippen molar-refractivity contribution in [2.24, 2.45) is 0 Å². The lowest BCUT2D eigenvalue weighted by Crippen LogP contribution is -2.03. The number of hydrogen-bond donors (Lipinski definition) is 1.